The molecule has 0 aliphatic heterocycles. The van der Waals surface area contributed by atoms with Crippen LogP contribution in [0.3, 0.4) is 0 Å². The maximum atomic E-state index is 13.5. The SMILES string of the molecule is O=C(Nc1ccc(F)c(F)c1F)NC1CCc2ccccc21. The molecule has 2 aromatic carbocycles. The average Bonchev–Trinajstić information content (AvgIpc) is 2.91. The Balaban J connectivity index is 1.71. The lowest BCUT2D eigenvalue weighted by Crippen LogP contribution is -2.32. The second-order valence-electron chi connectivity index (χ2n) is 5.11. The summed E-state index contributed by atoms with van der Waals surface area (Å²) in [4.78, 5) is 11.9. The van der Waals surface area contributed by atoms with E-state index in [1.54, 1.807) is 0 Å². The number of rotatable bonds is 2. The lowest BCUT2D eigenvalue weighted by atomic mass is 10.1. The molecule has 0 aromatic heterocycles. The number of hydrogen-bond acceptors (Lipinski definition) is 1. The van der Waals surface area contributed by atoms with E-state index in [0.717, 1.165) is 36.1 Å². The summed E-state index contributed by atoms with van der Waals surface area (Å²) in [6.45, 7) is 0. The van der Waals surface area contributed by atoms with Crippen LogP contribution in [-0.2, 0) is 6.42 Å². The minimum atomic E-state index is -1.61. The zero-order valence-corrected chi connectivity index (χ0v) is 11.5. The van der Waals surface area contributed by atoms with Gasteiger partial charge >= 0.3 is 6.03 Å². The maximum absolute atomic E-state index is 13.5. The molecule has 1 atom stereocenters. The molecule has 1 aliphatic rings. The molecule has 2 amide bonds. The van der Waals surface area contributed by atoms with Gasteiger partial charge in [-0.05, 0) is 36.1 Å². The minimum absolute atomic E-state index is 0.176. The van der Waals surface area contributed by atoms with Gasteiger partial charge in [-0.1, -0.05) is 24.3 Å². The summed E-state index contributed by atoms with van der Waals surface area (Å²) < 4.78 is 39.5. The van der Waals surface area contributed by atoms with Crippen molar-refractivity contribution in [1.82, 2.24) is 5.32 Å². The fourth-order valence-corrected chi connectivity index (χ4v) is 2.65. The number of carbonyl (C=O) groups is 1. The molecule has 3 nitrogen and oxygen atoms in total. The summed E-state index contributed by atoms with van der Waals surface area (Å²) in [6.07, 6.45) is 1.59. The predicted molar refractivity (Wildman–Crippen MR) is 76.0 cm³/mol. The maximum Gasteiger partial charge on any atom is 0.319 e. The van der Waals surface area contributed by atoms with E-state index in [-0.39, 0.29) is 6.04 Å². The van der Waals surface area contributed by atoms with E-state index in [1.165, 1.54) is 0 Å². The Morgan fingerprint density at radius 2 is 1.82 bits per heavy atom. The first kappa shape index (κ1) is 14.4. The van der Waals surface area contributed by atoms with Gasteiger partial charge in [-0.25, -0.2) is 18.0 Å². The quantitative estimate of drug-likeness (QED) is 0.811. The van der Waals surface area contributed by atoms with Gasteiger partial charge in [0.05, 0.1) is 11.7 Å². The van der Waals surface area contributed by atoms with Crippen molar-refractivity contribution in [2.45, 2.75) is 18.9 Å². The Labute approximate surface area is 125 Å². The molecule has 2 aromatic rings. The number of carbonyl (C=O) groups excluding carboxylic acids is 1. The molecule has 6 heteroatoms. The highest BCUT2D eigenvalue weighted by Crippen LogP contribution is 2.30. The number of nitrogens with one attached hydrogen (secondary N) is 2. The smallest absolute Gasteiger partial charge is 0.319 e. The van der Waals surface area contributed by atoms with Crippen LogP contribution in [0.2, 0.25) is 0 Å². The number of anilines is 1. The van der Waals surface area contributed by atoms with Gasteiger partial charge < -0.3 is 10.6 Å². The van der Waals surface area contributed by atoms with Gasteiger partial charge in [-0.2, -0.15) is 0 Å². The van der Waals surface area contributed by atoms with Crippen LogP contribution in [0.25, 0.3) is 0 Å². The lowest BCUT2D eigenvalue weighted by Gasteiger charge is -2.15. The summed E-state index contributed by atoms with van der Waals surface area (Å²) in [7, 11) is 0. The van der Waals surface area contributed by atoms with Crippen LogP contribution in [0.1, 0.15) is 23.6 Å². The molecule has 1 unspecified atom stereocenters. The number of benzene rings is 2. The van der Waals surface area contributed by atoms with E-state index in [9.17, 15) is 18.0 Å². The average molecular weight is 306 g/mol. The highest BCUT2D eigenvalue weighted by atomic mass is 19.2. The highest BCUT2D eigenvalue weighted by molar-refractivity contribution is 5.89. The van der Waals surface area contributed by atoms with Gasteiger partial charge in [0.1, 0.15) is 0 Å². The van der Waals surface area contributed by atoms with Gasteiger partial charge in [0.15, 0.2) is 17.5 Å². The molecule has 2 N–H and O–H groups in total. The lowest BCUT2D eigenvalue weighted by molar-refractivity contribution is 0.248. The van der Waals surface area contributed by atoms with Crippen molar-refractivity contribution in [2.24, 2.45) is 0 Å². The third-order valence-electron chi connectivity index (χ3n) is 3.72. The van der Waals surface area contributed by atoms with Crippen molar-refractivity contribution < 1.29 is 18.0 Å². The first-order valence-corrected chi connectivity index (χ1v) is 6.85. The molecule has 1 aliphatic carbocycles. The van der Waals surface area contributed by atoms with Gasteiger partial charge in [-0.15, -0.1) is 0 Å². The zero-order valence-electron chi connectivity index (χ0n) is 11.5. The second kappa shape index (κ2) is 5.71. The van der Waals surface area contributed by atoms with Crippen molar-refractivity contribution in [1.29, 1.82) is 0 Å². The molecule has 0 radical (unpaired) electrons. The van der Waals surface area contributed by atoms with Crippen molar-refractivity contribution >= 4 is 11.7 Å². The van der Waals surface area contributed by atoms with Crippen molar-refractivity contribution in [2.75, 3.05) is 5.32 Å². The number of hydrogen-bond donors (Lipinski definition) is 2. The Hall–Kier alpha value is -2.50. The number of halogens is 3. The van der Waals surface area contributed by atoms with E-state index >= 15 is 0 Å². The molecule has 3 rings (SSSR count). The first-order valence-electron chi connectivity index (χ1n) is 6.85. The monoisotopic (exact) mass is 306 g/mol. The number of aryl methyl sites for hydroxylation is 1. The zero-order chi connectivity index (χ0) is 15.7. The Morgan fingerprint density at radius 1 is 1.05 bits per heavy atom. The standard InChI is InChI=1S/C16H13F3N2O/c17-11-6-8-13(15(19)14(11)18)21-16(22)20-12-7-5-9-3-1-2-4-10(9)12/h1-4,6,8,12H,5,7H2,(H2,20,21,22). The summed E-state index contributed by atoms with van der Waals surface area (Å²) in [5, 5.41) is 4.92. The molecular formula is C16H13F3N2O. The third-order valence-corrected chi connectivity index (χ3v) is 3.72. The molecule has 0 spiro atoms. The minimum Gasteiger partial charge on any atom is -0.331 e. The molecule has 22 heavy (non-hydrogen) atoms. The molecule has 0 bridgehead atoms. The van der Waals surface area contributed by atoms with Crippen LogP contribution >= 0.6 is 0 Å². The van der Waals surface area contributed by atoms with Crippen molar-refractivity contribution in [3.05, 3.63) is 65.0 Å². The van der Waals surface area contributed by atoms with Crippen molar-refractivity contribution in [3.8, 4) is 0 Å². The summed E-state index contributed by atoms with van der Waals surface area (Å²) in [5.74, 6) is -4.32. The van der Waals surface area contributed by atoms with Gasteiger partial charge in [0.25, 0.3) is 0 Å². The molecule has 0 saturated heterocycles. The Morgan fingerprint density at radius 3 is 2.64 bits per heavy atom. The van der Waals surface area contributed by atoms with E-state index in [4.69, 9.17) is 0 Å². The van der Waals surface area contributed by atoms with Crippen LogP contribution in [0.5, 0.6) is 0 Å². The molecule has 114 valence electrons. The fraction of sp³-hybridized carbons (Fsp3) is 0.188. The van der Waals surface area contributed by atoms with E-state index < -0.39 is 29.2 Å². The first-order chi connectivity index (χ1) is 10.6. The predicted octanol–water partition coefficient (Wildman–Crippen LogP) is 3.91. The topological polar surface area (TPSA) is 41.1 Å². The fourth-order valence-electron chi connectivity index (χ4n) is 2.65. The summed E-state index contributed by atoms with van der Waals surface area (Å²) >= 11 is 0. The second-order valence-corrected chi connectivity index (χ2v) is 5.11. The third kappa shape index (κ3) is 2.64. The Kier molecular flexibility index (Phi) is 3.75. The molecule has 0 heterocycles. The van der Waals surface area contributed by atoms with Crippen LogP contribution in [0, 0.1) is 17.5 Å². The summed E-state index contributed by atoms with van der Waals surface area (Å²) in [6, 6.07) is 8.63. The molecule has 0 saturated carbocycles. The van der Waals surface area contributed by atoms with E-state index in [2.05, 4.69) is 10.6 Å². The Bertz CT molecular complexity index is 733. The van der Waals surface area contributed by atoms with Crippen LogP contribution in [0.15, 0.2) is 36.4 Å². The summed E-state index contributed by atoms with van der Waals surface area (Å²) in [5.41, 5.74) is 1.78. The molecular weight excluding hydrogens is 293 g/mol. The van der Waals surface area contributed by atoms with Gasteiger partial charge in [0.2, 0.25) is 0 Å². The van der Waals surface area contributed by atoms with E-state index in [0.29, 0.717) is 0 Å². The van der Waals surface area contributed by atoms with Crippen LogP contribution in [-0.4, -0.2) is 6.03 Å². The number of amides is 2. The van der Waals surface area contributed by atoms with Gasteiger partial charge in [-0.3, -0.25) is 0 Å². The van der Waals surface area contributed by atoms with Gasteiger partial charge in [0, 0.05) is 0 Å². The van der Waals surface area contributed by atoms with Crippen molar-refractivity contribution in [3.63, 3.8) is 0 Å². The van der Waals surface area contributed by atoms with Crippen LogP contribution < -0.4 is 10.6 Å². The number of fused-ring (bicyclic) bond motifs is 1. The number of urea groups is 1. The normalized spacial score (nSPS) is 16.2. The molecule has 0 fully saturated rings. The highest BCUT2D eigenvalue weighted by Gasteiger charge is 2.24. The van der Waals surface area contributed by atoms with E-state index in [1.807, 2.05) is 24.3 Å². The largest absolute Gasteiger partial charge is 0.331 e. The van der Waals surface area contributed by atoms with Crippen LogP contribution in [0.4, 0.5) is 23.7 Å².